The molecule has 1 saturated heterocycles. The topological polar surface area (TPSA) is 112 Å². The zero-order chi connectivity index (χ0) is 35.7. The number of carbonyl (C=O) groups excluding carboxylic acids is 1. The van der Waals surface area contributed by atoms with Crippen molar-refractivity contribution in [3.05, 3.63) is 118 Å². The van der Waals surface area contributed by atoms with E-state index in [0.717, 1.165) is 60.4 Å². The molecule has 4 aromatic carbocycles. The number of aliphatic hydroxyl groups excluding tert-OH is 1. The van der Waals surface area contributed by atoms with Gasteiger partial charge in [0.05, 0.1) is 22.8 Å². The van der Waals surface area contributed by atoms with Crippen LogP contribution in [0.3, 0.4) is 0 Å². The molecule has 0 radical (unpaired) electrons. The molecule has 1 aliphatic rings. The summed E-state index contributed by atoms with van der Waals surface area (Å²) in [5, 5.41) is 26.7. The molecule has 5 aromatic rings. The normalized spacial score (nSPS) is 13.2. The number of halogens is 1. The average Bonchev–Trinajstić information content (AvgIpc) is 3.53. The third-order valence-corrected chi connectivity index (χ3v) is 9.60. The van der Waals surface area contributed by atoms with Gasteiger partial charge in [-0.05, 0) is 71.5 Å². The zero-order valence-electron chi connectivity index (χ0n) is 29.1. The Kier molecular flexibility index (Phi) is 11.9. The predicted molar refractivity (Wildman–Crippen MR) is 201 cm³/mol. The standard InChI is InChI=1S/C41H44ClN5O4/c1-28-32(9-4-10-35(28)36-11-5-12-39-37(36)13-18-47(39)17-6-16-46-24-34(49)25-46)27-51-41-21-40(50-26-31-8-3-7-30(19-31)22-43)33(20-38(41)42)23-44-14-15-45-29(2)48/h3-5,7-13,18-21,34,44,49H,6,14-17,23-27H2,1-2H3,(H,45,48). The van der Waals surface area contributed by atoms with Crippen LogP contribution in [0.4, 0.5) is 0 Å². The zero-order valence-corrected chi connectivity index (χ0v) is 29.9. The summed E-state index contributed by atoms with van der Waals surface area (Å²) in [6, 6.07) is 28.2. The average molecular weight is 706 g/mol. The van der Waals surface area contributed by atoms with Crippen molar-refractivity contribution >= 4 is 28.4 Å². The fourth-order valence-corrected chi connectivity index (χ4v) is 6.77. The predicted octanol–water partition coefficient (Wildman–Crippen LogP) is 6.59. The molecule has 3 N–H and O–H groups in total. The number of benzene rings is 4. The van der Waals surface area contributed by atoms with E-state index in [0.29, 0.717) is 48.3 Å². The van der Waals surface area contributed by atoms with Gasteiger partial charge in [0.25, 0.3) is 0 Å². The second-order valence-electron chi connectivity index (χ2n) is 13.0. The van der Waals surface area contributed by atoms with Crippen LogP contribution in [0, 0.1) is 18.3 Å². The molecule has 1 aromatic heterocycles. The van der Waals surface area contributed by atoms with E-state index in [1.165, 1.54) is 23.4 Å². The number of aliphatic hydroxyl groups is 1. The van der Waals surface area contributed by atoms with E-state index in [-0.39, 0.29) is 18.6 Å². The van der Waals surface area contributed by atoms with Crippen molar-refractivity contribution in [3.8, 4) is 28.7 Å². The van der Waals surface area contributed by atoms with E-state index >= 15 is 0 Å². The number of amides is 1. The number of β-amino-alcohol motifs (C(OH)–C–C–N with tert-alkyl or cyclic N) is 1. The molecule has 264 valence electrons. The van der Waals surface area contributed by atoms with Crippen LogP contribution in [0.15, 0.2) is 85.1 Å². The number of nitrogens with zero attached hydrogens (tertiary/aromatic N) is 3. The summed E-state index contributed by atoms with van der Waals surface area (Å²) in [6.07, 6.45) is 3.04. The molecule has 0 unspecified atom stereocenters. The highest BCUT2D eigenvalue weighted by molar-refractivity contribution is 6.32. The molecule has 10 heteroatoms. The Morgan fingerprint density at radius 1 is 0.941 bits per heavy atom. The van der Waals surface area contributed by atoms with Gasteiger partial charge in [0.2, 0.25) is 5.91 Å². The molecule has 9 nitrogen and oxygen atoms in total. The number of aryl methyl sites for hydroxylation is 1. The number of carbonyl (C=O) groups is 1. The lowest BCUT2D eigenvalue weighted by Crippen LogP contribution is -2.50. The Bertz CT molecular complexity index is 2030. The molecule has 0 bridgehead atoms. The van der Waals surface area contributed by atoms with Crippen LogP contribution in [0.1, 0.15) is 41.2 Å². The third-order valence-electron chi connectivity index (χ3n) is 9.30. The number of fused-ring (bicyclic) bond motifs is 1. The molecule has 1 aliphatic heterocycles. The molecular formula is C41H44ClN5O4. The monoisotopic (exact) mass is 705 g/mol. The Hall–Kier alpha value is -4.85. The Morgan fingerprint density at radius 3 is 2.53 bits per heavy atom. The number of hydrogen-bond donors (Lipinski definition) is 3. The Balaban J connectivity index is 1.17. The van der Waals surface area contributed by atoms with Gasteiger partial charge in [0.15, 0.2) is 0 Å². The van der Waals surface area contributed by atoms with Crippen molar-refractivity contribution in [2.45, 2.75) is 52.7 Å². The minimum absolute atomic E-state index is 0.0754. The molecule has 51 heavy (non-hydrogen) atoms. The summed E-state index contributed by atoms with van der Waals surface area (Å²) in [7, 11) is 0. The number of nitriles is 1. The highest BCUT2D eigenvalue weighted by atomic mass is 35.5. The highest BCUT2D eigenvalue weighted by Crippen LogP contribution is 2.36. The van der Waals surface area contributed by atoms with Gasteiger partial charge in [-0.3, -0.25) is 9.69 Å². The molecular weight excluding hydrogens is 662 g/mol. The van der Waals surface area contributed by atoms with Gasteiger partial charge in [-0.2, -0.15) is 5.26 Å². The van der Waals surface area contributed by atoms with E-state index in [1.807, 2.05) is 30.3 Å². The minimum atomic E-state index is -0.167. The van der Waals surface area contributed by atoms with Gasteiger partial charge in [0, 0.05) is 81.5 Å². The van der Waals surface area contributed by atoms with Crippen molar-refractivity contribution in [1.29, 1.82) is 5.26 Å². The summed E-state index contributed by atoms with van der Waals surface area (Å²) >= 11 is 6.79. The number of rotatable bonds is 16. The maximum atomic E-state index is 11.3. The number of nitrogens with one attached hydrogen (secondary N) is 2. The fourth-order valence-electron chi connectivity index (χ4n) is 6.53. The van der Waals surface area contributed by atoms with Crippen molar-refractivity contribution < 1.29 is 19.4 Å². The molecule has 2 heterocycles. The van der Waals surface area contributed by atoms with Crippen LogP contribution in [0.5, 0.6) is 11.5 Å². The quantitative estimate of drug-likeness (QED) is 0.0994. The van der Waals surface area contributed by atoms with E-state index < -0.39 is 0 Å². The maximum absolute atomic E-state index is 11.3. The molecule has 0 saturated carbocycles. The largest absolute Gasteiger partial charge is 0.488 e. The molecule has 6 rings (SSSR count). The van der Waals surface area contributed by atoms with Gasteiger partial charge < -0.3 is 29.8 Å². The first-order valence-corrected chi connectivity index (χ1v) is 17.8. The first-order chi connectivity index (χ1) is 24.8. The van der Waals surface area contributed by atoms with Crippen LogP contribution in [-0.4, -0.2) is 59.3 Å². The first kappa shape index (κ1) is 36.0. The number of aromatic nitrogens is 1. The Morgan fingerprint density at radius 2 is 1.73 bits per heavy atom. The van der Waals surface area contributed by atoms with Crippen LogP contribution < -0.4 is 20.1 Å². The van der Waals surface area contributed by atoms with E-state index in [4.69, 9.17) is 21.1 Å². The Labute approximate surface area is 304 Å². The summed E-state index contributed by atoms with van der Waals surface area (Å²) < 4.78 is 15.0. The second-order valence-corrected chi connectivity index (χ2v) is 13.5. The SMILES string of the molecule is CC(=O)NCCNCc1cc(Cl)c(OCc2cccc(-c3cccc4c3ccn4CCCN3CC(O)C3)c2C)cc1OCc1cccc(C#N)c1. The van der Waals surface area contributed by atoms with Crippen molar-refractivity contribution in [3.63, 3.8) is 0 Å². The first-order valence-electron chi connectivity index (χ1n) is 17.4. The summed E-state index contributed by atoms with van der Waals surface area (Å²) in [5.74, 6) is 1.05. The number of ether oxygens (including phenoxy) is 2. The lowest BCUT2D eigenvalue weighted by Gasteiger charge is -2.35. The molecule has 1 amide bonds. The number of likely N-dealkylation sites (tertiary alicyclic amines) is 1. The van der Waals surface area contributed by atoms with Gasteiger partial charge in [-0.25, -0.2) is 0 Å². The molecule has 0 spiro atoms. The molecule has 1 fully saturated rings. The van der Waals surface area contributed by atoms with Crippen LogP contribution >= 0.6 is 11.6 Å². The maximum Gasteiger partial charge on any atom is 0.216 e. The van der Waals surface area contributed by atoms with Crippen LogP contribution in [-0.2, 0) is 31.1 Å². The van der Waals surface area contributed by atoms with Crippen LogP contribution in [0.2, 0.25) is 5.02 Å². The smallest absolute Gasteiger partial charge is 0.216 e. The minimum Gasteiger partial charge on any atom is -0.488 e. The third kappa shape index (κ3) is 9.09. The van der Waals surface area contributed by atoms with Crippen molar-refractivity contribution in [2.24, 2.45) is 0 Å². The van der Waals surface area contributed by atoms with Gasteiger partial charge in [-0.15, -0.1) is 0 Å². The molecule has 0 aliphatic carbocycles. The van der Waals surface area contributed by atoms with Crippen molar-refractivity contribution in [2.75, 3.05) is 32.7 Å². The van der Waals surface area contributed by atoms with Crippen LogP contribution in [0.25, 0.3) is 22.0 Å². The van der Waals surface area contributed by atoms with Crippen molar-refractivity contribution in [1.82, 2.24) is 20.1 Å². The lowest BCUT2D eigenvalue weighted by atomic mass is 9.94. The summed E-state index contributed by atoms with van der Waals surface area (Å²) in [4.78, 5) is 13.5. The lowest BCUT2D eigenvalue weighted by molar-refractivity contribution is -0.118. The van der Waals surface area contributed by atoms with E-state index in [2.05, 4.69) is 81.8 Å². The van der Waals surface area contributed by atoms with E-state index in [9.17, 15) is 15.2 Å². The van der Waals surface area contributed by atoms with Gasteiger partial charge in [0.1, 0.15) is 24.7 Å². The van der Waals surface area contributed by atoms with E-state index in [1.54, 1.807) is 6.07 Å². The fraction of sp³-hybridized carbons (Fsp3) is 0.317. The second kappa shape index (κ2) is 16.9. The highest BCUT2D eigenvalue weighted by Gasteiger charge is 2.23. The summed E-state index contributed by atoms with van der Waals surface area (Å²) in [6.45, 7) is 9.25. The number of hydrogen-bond acceptors (Lipinski definition) is 7. The van der Waals surface area contributed by atoms with Gasteiger partial charge >= 0.3 is 0 Å². The summed E-state index contributed by atoms with van der Waals surface area (Å²) in [5.41, 5.74) is 8.04. The molecule has 0 atom stereocenters. The van der Waals surface area contributed by atoms with Gasteiger partial charge in [-0.1, -0.05) is 54.1 Å².